The van der Waals surface area contributed by atoms with Gasteiger partial charge in [-0.1, -0.05) is 18.2 Å². The van der Waals surface area contributed by atoms with Crippen LogP contribution in [0.15, 0.2) is 39.9 Å². The molecule has 5 nitrogen and oxygen atoms in total. The minimum absolute atomic E-state index is 0.000460. The Hall–Kier alpha value is -2.37. The van der Waals surface area contributed by atoms with Crippen molar-refractivity contribution in [2.45, 2.75) is 13.0 Å². The summed E-state index contributed by atoms with van der Waals surface area (Å²) in [4.78, 5) is 24.9. The number of nitrogens with zero attached hydrogens (tertiary/aromatic N) is 1. The van der Waals surface area contributed by atoms with Gasteiger partial charge in [-0.15, -0.1) is 0 Å². The summed E-state index contributed by atoms with van der Waals surface area (Å²) in [7, 11) is 0. The molecule has 1 aromatic carbocycles. The molecule has 1 aromatic heterocycles. The average molecular weight is 249 g/mol. The van der Waals surface area contributed by atoms with E-state index in [4.69, 9.17) is 5.73 Å². The van der Waals surface area contributed by atoms with Crippen molar-refractivity contribution in [3.05, 3.63) is 62.6 Å². The van der Waals surface area contributed by atoms with Crippen LogP contribution in [-0.2, 0) is 0 Å². The summed E-state index contributed by atoms with van der Waals surface area (Å²) in [6.07, 6.45) is 0. The minimum atomic E-state index is -0.657. The van der Waals surface area contributed by atoms with E-state index in [0.717, 1.165) is 10.6 Å². The highest BCUT2D eigenvalue weighted by atomic mass is 19.1. The highest BCUT2D eigenvalue weighted by molar-refractivity contribution is 5.31. The first kappa shape index (κ1) is 12.1. The summed E-state index contributed by atoms with van der Waals surface area (Å²) in [6.45, 7) is 1.63. The monoisotopic (exact) mass is 249 g/mol. The Kier molecular flexibility index (Phi) is 3.01. The zero-order valence-electron chi connectivity index (χ0n) is 9.68. The Morgan fingerprint density at radius 1 is 1.33 bits per heavy atom. The van der Waals surface area contributed by atoms with Gasteiger partial charge < -0.3 is 5.73 Å². The molecule has 0 saturated carbocycles. The normalized spacial score (nSPS) is 12.3. The summed E-state index contributed by atoms with van der Waals surface area (Å²) in [5.41, 5.74) is 4.73. The molecule has 0 amide bonds. The third kappa shape index (κ3) is 2.04. The number of nitrogens with one attached hydrogen (secondary N) is 1. The Bertz CT molecular complexity index is 690. The molecule has 0 bridgehead atoms. The largest absolute Gasteiger partial charge is 0.385 e. The number of benzene rings is 1. The van der Waals surface area contributed by atoms with Crippen molar-refractivity contribution in [2.75, 3.05) is 5.73 Å². The number of aromatic nitrogens is 2. The van der Waals surface area contributed by atoms with Crippen LogP contribution < -0.4 is 17.0 Å². The number of anilines is 1. The van der Waals surface area contributed by atoms with E-state index in [2.05, 4.69) is 4.98 Å². The third-order valence-electron chi connectivity index (χ3n) is 2.75. The van der Waals surface area contributed by atoms with Gasteiger partial charge in [-0.3, -0.25) is 14.3 Å². The summed E-state index contributed by atoms with van der Waals surface area (Å²) >= 11 is 0. The molecule has 0 fully saturated rings. The maximum absolute atomic E-state index is 13.6. The molecule has 0 saturated heterocycles. The van der Waals surface area contributed by atoms with Crippen LogP contribution in [0, 0.1) is 5.82 Å². The van der Waals surface area contributed by atoms with Crippen LogP contribution in [0.25, 0.3) is 0 Å². The highest BCUT2D eigenvalue weighted by Gasteiger charge is 2.16. The minimum Gasteiger partial charge on any atom is -0.385 e. The molecule has 2 aromatic rings. The molecule has 3 N–H and O–H groups in total. The molecule has 0 aliphatic rings. The number of hydrogen-bond donors (Lipinski definition) is 2. The van der Waals surface area contributed by atoms with Gasteiger partial charge in [0.15, 0.2) is 0 Å². The van der Waals surface area contributed by atoms with Gasteiger partial charge >= 0.3 is 5.69 Å². The number of hydrogen-bond acceptors (Lipinski definition) is 3. The van der Waals surface area contributed by atoms with Gasteiger partial charge in [-0.2, -0.15) is 0 Å². The van der Waals surface area contributed by atoms with Crippen LogP contribution in [0.1, 0.15) is 18.5 Å². The zero-order chi connectivity index (χ0) is 13.3. The molecule has 1 unspecified atom stereocenters. The van der Waals surface area contributed by atoms with E-state index in [1.807, 2.05) is 0 Å². The third-order valence-corrected chi connectivity index (χ3v) is 2.75. The molecule has 0 aliphatic carbocycles. The Morgan fingerprint density at radius 2 is 2.00 bits per heavy atom. The number of halogens is 1. The van der Waals surface area contributed by atoms with Gasteiger partial charge in [0, 0.05) is 11.6 Å². The number of aromatic amines is 1. The molecule has 0 spiro atoms. The van der Waals surface area contributed by atoms with E-state index < -0.39 is 23.1 Å². The quantitative estimate of drug-likeness (QED) is 0.828. The second-order valence-electron chi connectivity index (χ2n) is 3.93. The first-order valence-electron chi connectivity index (χ1n) is 5.36. The van der Waals surface area contributed by atoms with E-state index in [1.54, 1.807) is 25.1 Å². The lowest BCUT2D eigenvalue weighted by molar-refractivity contribution is 0.544. The van der Waals surface area contributed by atoms with Crippen LogP contribution in [0.5, 0.6) is 0 Å². The lowest BCUT2D eigenvalue weighted by atomic mass is 10.1. The number of rotatable bonds is 2. The SMILES string of the molecule is CC(c1ccccc1F)n1c(N)cc(=O)[nH]c1=O. The van der Waals surface area contributed by atoms with Crippen molar-refractivity contribution in [1.82, 2.24) is 9.55 Å². The van der Waals surface area contributed by atoms with E-state index in [9.17, 15) is 14.0 Å². The van der Waals surface area contributed by atoms with Crippen molar-refractivity contribution in [2.24, 2.45) is 0 Å². The van der Waals surface area contributed by atoms with Gasteiger partial charge in [0.1, 0.15) is 11.6 Å². The molecule has 0 radical (unpaired) electrons. The van der Waals surface area contributed by atoms with Crippen molar-refractivity contribution in [3.8, 4) is 0 Å². The predicted molar refractivity (Wildman–Crippen MR) is 65.9 cm³/mol. The predicted octanol–water partition coefficient (Wildman–Crippen LogP) is 0.867. The molecular weight excluding hydrogens is 237 g/mol. The summed E-state index contributed by atoms with van der Waals surface area (Å²) in [5, 5.41) is 0. The van der Waals surface area contributed by atoms with Gasteiger partial charge in [0.05, 0.1) is 6.04 Å². The number of nitrogen functional groups attached to an aromatic ring is 1. The van der Waals surface area contributed by atoms with Crippen LogP contribution >= 0.6 is 0 Å². The van der Waals surface area contributed by atoms with Crippen molar-refractivity contribution in [3.63, 3.8) is 0 Å². The Balaban J connectivity index is 2.60. The maximum atomic E-state index is 13.6. The summed E-state index contributed by atoms with van der Waals surface area (Å²) < 4.78 is 14.8. The van der Waals surface area contributed by atoms with Gasteiger partial charge in [0.25, 0.3) is 5.56 Å². The van der Waals surface area contributed by atoms with E-state index >= 15 is 0 Å². The molecule has 94 valence electrons. The maximum Gasteiger partial charge on any atom is 0.330 e. The van der Waals surface area contributed by atoms with Gasteiger partial charge in [-0.25, -0.2) is 9.18 Å². The van der Waals surface area contributed by atoms with Crippen LogP contribution in [0.2, 0.25) is 0 Å². The zero-order valence-corrected chi connectivity index (χ0v) is 9.68. The van der Waals surface area contributed by atoms with E-state index in [1.165, 1.54) is 6.07 Å². The fourth-order valence-corrected chi connectivity index (χ4v) is 1.88. The first-order chi connectivity index (χ1) is 8.50. The van der Waals surface area contributed by atoms with E-state index in [-0.39, 0.29) is 5.82 Å². The fourth-order valence-electron chi connectivity index (χ4n) is 1.88. The van der Waals surface area contributed by atoms with E-state index in [0.29, 0.717) is 5.56 Å². The van der Waals surface area contributed by atoms with Crippen LogP contribution in [0.4, 0.5) is 10.2 Å². The smallest absolute Gasteiger partial charge is 0.330 e. The van der Waals surface area contributed by atoms with Crippen molar-refractivity contribution < 1.29 is 4.39 Å². The van der Waals surface area contributed by atoms with Crippen LogP contribution in [0.3, 0.4) is 0 Å². The lowest BCUT2D eigenvalue weighted by Crippen LogP contribution is -2.33. The molecule has 2 rings (SSSR count). The summed E-state index contributed by atoms with van der Waals surface area (Å²) in [5.74, 6) is -0.429. The van der Waals surface area contributed by atoms with Crippen LogP contribution in [-0.4, -0.2) is 9.55 Å². The second kappa shape index (κ2) is 4.48. The molecule has 6 heteroatoms. The average Bonchev–Trinajstić information content (AvgIpc) is 2.27. The second-order valence-corrected chi connectivity index (χ2v) is 3.93. The standard InChI is InChI=1S/C12H12FN3O2/c1-7(8-4-2-3-5-9(8)13)16-10(14)6-11(17)15-12(16)18/h2-7H,14H2,1H3,(H,15,17,18). The van der Waals surface area contributed by atoms with Gasteiger partial charge in [0.2, 0.25) is 0 Å². The molecular formula is C12H12FN3O2. The summed E-state index contributed by atoms with van der Waals surface area (Å²) in [6, 6.07) is 6.59. The Labute approximate surface area is 102 Å². The fraction of sp³-hybridized carbons (Fsp3) is 0.167. The molecule has 1 heterocycles. The van der Waals surface area contributed by atoms with Gasteiger partial charge in [-0.05, 0) is 13.0 Å². The number of nitrogens with two attached hydrogens (primary N) is 1. The highest BCUT2D eigenvalue weighted by Crippen LogP contribution is 2.20. The Morgan fingerprint density at radius 3 is 2.61 bits per heavy atom. The topological polar surface area (TPSA) is 80.9 Å². The molecule has 1 atom stereocenters. The number of H-pyrrole nitrogens is 1. The molecule has 18 heavy (non-hydrogen) atoms. The first-order valence-corrected chi connectivity index (χ1v) is 5.36. The molecule has 0 aliphatic heterocycles. The van der Waals surface area contributed by atoms with Crippen molar-refractivity contribution in [1.29, 1.82) is 0 Å². The van der Waals surface area contributed by atoms with Crippen molar-refractivity contribution >= 4 is 5.82 Å². The lowest BCUT2D eigenvalue weighted by Gasteiger charge is -2.17.